The second kappa shape index (κ2) is 5.97. The van der Waals surface area contributed by atoms with Gasteiger partial charge in [-0.25, -0.2) is 0 Å². The van der Waals surface area contributed by atoms with Crippen LogP contribution in [0.25, 0.3) is 0 Å². The molecule has 4 heteroatoms. The van der Waals surface area contributed by atoms with Gasteiger partial charge in [-0.15, -0.1) is 0 Å². The van der Waals surface area contributed by atoms with Crippen LogP contribution in [0, 0.1) is 0 Å². The van der Waals surface area contributed by atoms with E-state index in [9.17, 15) is 4.79 Å². The molecule has 0 aliphatic carbocycles. The quantitative estimate of drug-likeness (QED) is 0.587. The highest BCUT2D eigenvalue weighted by molar-refractivity contribution is 5.75. The van der Waals surface area contributed by atoms with Crippen molar-refractivity contribution >= 4 is 5.91 Å². The first-order valence-electron chi connectivity index (χ1n) is 4.12. The molecule has 0 heterocycles. The summed E-state index contributed by atoms with van der Waals surface area (Å²) in [6.07, 6.45) is 0.483. The van der Waals surface area contributed by atoms with Crippen molar-refractivity contribution in [2.75, 3.05) is 27.2 Å². The van der Waals surface area contributed by atoms with Gasteiger partial charge in [0.15, 0.2) is 0 Å². The topological polar surface area (TPSA) is 52.6 Å². The van der Waals surface area contributed by atoms with E-state index in [0.29, 0.717) is 13.0 Å². The van der Waals surface area contributed by atoms with Crippen molar-refractivity contribution in [3.63, 3.8) is 0 Å². The van der Waals surface area contributed by atoms with Crippen molar-refractivity contribution in [3.8, 4) is 0 Å². The highest BCUT2D eigenvalue weighted by Crippen LogP contribution is 1.86. The molecule has 0 rings (SSSR count). The van der Waals surface area contributed by atoms with Crippen LogP contribution in [0.1, 0.15) is 13.3 Å². The van der Waals surface area contributed by atoms with Gasteiger partial charge in [-0.2, -0.15) is 0 Å². The van der Waals surface area contributed by atoms with Crippen molar-refractivity contribution in [2.24, 2.45) is 0 Å². The highest BCUT2D eigenvalue weighted by atomic mass is 16.3. The first-order chi connectivity index (χ1) is 5.57. The van der Waals surface area contributed by atoms with Gasteiger partial charge in [0.05, 0.1) is 6.61 Å². The Morgan fingerprint density at radius 1 is 1.58 bits per heavy atom. The van der Waals surface area contributed by atoms with Crippen LogP contribution < -0.4 is 5.32 Å². The molecule has 12 heavy (non-hydrogen) atoms. The van der Waals surface area contributed by atoms with E-state index in [1.54, 1.807) is 19.0 Å². The summed E-state index contributed by atoms with van der Waals surface area (Å²) in [6.45, 7) is 2.61. The maximum atomic E-state index is 11.0. The van der Waals surface area contributed by atoms with Gasteiger partial charge in [-0.3, -0.25) is 4.79 Å². The van der Waals surface area contributed by atoms with E-state index < -0.39 is 0 Å². The zero-order valence-electron chi connectivity index (χ0n) is 8.00. The van der Waals surface area contributed by atoms with Crippen LogP contribution in [0.5, 0.6) is 0 Å². The first-order valence-corrected chi connectivity index (χ1v) is 4.12. The van der Waals surface area contributed by atoms with E-state index in [-0.39, 0.29) is 18.6 Å². The molecule has 4 nitrogen and oxygen atoms in total. The van der Waals surface area contributed by atoms with Crippen molar-refractivity contribution in [2.45, 2.75) is 19.4 Å². The SMILES string of the molecule is CC(CO)NCCC(=O)N(C)C. The minimum atomic E-state index is 0.0694. The van der Waals surface area contributed by atoms with Crippen molar-refractivity contribution in [1.29, 1.82) is 0 Å². The van der Waals surface area contributed by atoms with Crippen LogP contribution in [0.2, 0.25) is 0 Å². The Labute approximate surface area is 73.6 Å². The number of aliphatic hydroxyl groups excluding tert-OH is 1. The predicted molar refractivity (Wildman–Crippen MR) is 47.9 cm³/mol. The molecule has 0 bridgehead atoms. The monoisotopic (exact) mass is 174 g/mol. The summed E-state index contributed by atoms with van der Waals surface area (Å²) in [5.41, 5.74) is 0. The third-order valence-electron chi connectivity index (χ3n) is 1.60. The molecular formula is C8H18N2O2. The highest BCUT2D eigenvalue weighted by Gasteiger charge is 2.04. The fourth-order valence-electron chi connectivity index (χ4n) is 0.714. The Bertz CT molecular complexity index is 137. The number of carbonyl (C=O) groups is 1. The zero-order chi connectivity index (χ0) is 9.56. The van der Waals surface area contributed by atoms with Gasteiger partial charge >= 0.3 is 0 Å². The summed E-state index contributed by atoms with van der Waals surface area (Å²) < 4.78 is 0. The lowest BCUT2D eigenvalue weighted by molar-refractivity contribution is -0.128. The molecule has 1 amide bonds. The van der Waals surface area contributed by atoms with E-state index in [0.717, 1.165) is 0 Å². The number of nitrogens with one attached hydrogen (secondary N) is 1. The van der Waals surface area contributed by atoms with Crippen LogP contribution in [0.3, 0.4) is 0 Å². The average Bonchev–Trinajstić information content (AvgIpc) is 2.03. The fraction of sp³-hybridized carbons (Fsp3) is 0.875. The van der Waals surface area contributed by atoms with Gasteiger partial charge < -0.3 is 15.3 Å². The van der Waals surface area contributed by atoms with E-state index in [4.69, 9.17) is 5.11 Å². The standard InChI is InChI=1S/C8H18N2O2/c1-7(6-11)9-5-4-8(12)10(2)3/h7,9,11H,4-6H2,1-3H3. The van der Waals surface area contributed by atoms with Crippen LogP contribution in [0.4, 0.5) is 0 Å². The average molecular weight is 174 g/mol. The van der Waals surface area contributed by atoms with E-state index in [2.05, 4.69) is 5.32 Å². The van der Waals surface area contributed by atoms with Gasteiger partial charge in [0, 0.05) is 33.1 Å². The lowest BCUT2D eigenvalue weighted by Crippen LogP contribution is -2.33. The molecule has 0 aromatic rings. The van der Waals surface area contributed by atoms with Gasteiger partial charge in [-0.05, 0) is 6.92 Å². The number of hydrogen-bond acceptors (Lipinski definition) is 3. The molecule has 2 N–H and O–H groups in total. The number of carbonyl (C=O) groups excluding carboxylic acids is 1. The third-order valence-corrected chi connectivity index (χ3v) is 1.60. The zero-order valence-corrected chi connectivity index (χ0v) is 8.00. The van der Waals surface area contributed by atoms with Crippen molar-refractivity contribution in [1.82, 2.24) is 10.2 Å². The third kappa shape index (κ3) is 5.09. The fourth-order valence-corrected chi connectivity index (χ4v) is 0.714. The Kier molecular flexibility index (Phi) is 5.66. The van der Waals surface area contributed by atoms with Crippen molar-refractivity contribution < 1.29 is 9.90 Å². The summed E-state index contributed by atoms with van der Waals surface area (Å²) in [4.78, 5) is 12.6. The Balaban J connectivity index is 3.37. The normalized spacial score (nSPS) is 12.7. The number of nitrogens with zero attached hydrogens (tertiary/aromatic N) is 1. The molecule has 0 aromatic carbocycles. The molecule has 0 saturated carbocycles. The minimum absolute atomic E-state index is 0.0694. The van der Waals surface area contributed by atoms with E-state index in [1.165, 1.54) is 0 Å². The Morgan fingerprint density at radius 3 is 2.58 bits per heavy atom. The largest absolute Gasteiger partial charge is 0.395 e. The van der Waals surface area contributed by atoms with E-state index >= 15 is 0 Å². The molecule has 0 radical (unpaired) electrons. The molecular weight excluding hydrogens is 156 g/mol. The number of rotatable bonds is 5. The maximum absolute atomic E-state index is 11.0. The molecule has 0 aliphatic rings. The molecule has 0 spiro atoms. The van der Waals surface area contributed by atoms with Crippen LogP contribution in [-0.4, -0.2) is 49.2 Å². The molecule has 0 aromatic heterocycles. The number of amides is 1. The molecule has 0 fully saturated rings. The summed E-state index contributed by atoms with van der Waals surface area (Å²) in [5.74, 6) is 0.104. The minimum Gasteiger partial charge on any atom is -0.395 e. The Hall–Kier alpha value is -0.610. The second-order valence-corrected chi connectivity index (χ2v) is 3.08. The first kappa shape index (κ1) is 11.4. The molecule has 1 atom stereocenters. The molecule has 0 saturated heterocycles. The molecule has 72 valence electrons. The van der Waals surface area contributed by atoms with Crippen molar-refractivity contribution in [3.05, 3.63) is 0 Å². The van der Waals surface area contributed by atoms with Crippen LogP contribution in [-0.2, 0) is 4.79 Å². The summed E-state index contributed by atoms with van der Waals surface area (Å²) in [5, 5.41) is 11.7. The predicted octanol–water partition coefficient (Wildman–Crippen LogP) is -0.565. The van der Waals surface area contributed by atoms with Gasteiger partial charge in [0.25, 0.3) is 0 Å². The second-order valence-electron chi connectivity index (χ2n) is 3.08. The summed E-state index contributed by atoms with van der Waals surface area (Å²) >= 11 is 0. The number of aliphatic hydroxyl groups is 1. The van der Waals surface area contributed by atoms with Crippen LogP contribution in [0.15, 0.2) is 0 Å². The lowest BCUT2D eigenvalue weighted by Gasteiger charge is -2.12. The Morgan fingerprint density at radius 2 is 2.17 bits per heavy atom. The van der Waals surface area contributed by atoms with Gasteiger partial charge in [-0.1, -0.05) is 0 Å². The maximum Gasteiger partial charge on any atom is 0.223 e. The molecule has 0 aliphatic heterocycles. The van der Waals surface area contributed by atoms with Crippen LogP contribution >= 0.6 is 0 Å². The lowest BCUT2D eigenvalue weighted by atomic mass is 10.3. The smallest absolute Gasteiger partial charge is 0.223 e. The van der Waals surface area contributed by atoms with Gasteiger partial charge in [0.1, 0.15) is 0 Å². The summed E-state index contributed by atoms with van der Waals surface area (Å²) in [6, 6.07) is 0.0694. The van der Waals surface area contributed by atoms with E-state index in [1.807, 2.05) is 6.92 Å². The molecule has 1 unspecified atom stereocenters. The number of hydrogen-bond donors (Lipinski definition) is 2. The van der Waals surface area contributed by atoms with Gasteiger partial charge in [0.2, 0.25) is 5.91 Å². The summed E-state index contributed by atoms with van der Waals surface area (Å²) in [7, 11) is 3.47.